The van der Waals surface area contributed by atoms with E-state index in [-0.39, 0.29) is 0 Å². The van der Waals surface area contributed by atoms with Crippen molar-refractivity contribution in [1.82, 2.24) is 29.9 Å². The second kappa shape index (κ2) is 6.61. The molecule has 0 aliphatic heterocycles. The van der Waals surface area contributed by atoms with Crippen LogP contribution in [0.5, 0.6) is 0 Å². The van der Waals surface area contributed by atoms with E-state index in [0.29, 0.717) is 33.6 Å². The lowest BCUT2D eigenvalue weighted by atomic mass is 10.4. The number of fused-ring (bicyclic) bond motifs is 1. The van der Waals surface area contributed by atoms with Crippen LogP contribution in [0, 0.1) is 0 Å². The first kappa shape index (κ1) is 16.3. The fourth-order valence-corrected chi connectivity index (χ4v) is 2.65. The van der Waals surface area contributed by atoms with Gasteiger partial charge in [0.05, 0.1) is 34.5 Å². The number of hydrogen-bond acceptors (Lipinski definition) is 7. The van der Waals surface area contributed by atoms with Crippen LogP contribution >= 0.6 is 23.2 Å². The van der Waals surface area contributed by atoms with E-state index >= 15 is 0 Å². The van der Waals surface area contributed by atoms with Gasteiger partial charge in [-0.2, -0.15) is 10.2 Å². The van der Waals surface area contributed by atoms with Gasteiger partial charge in [0.1, 0.15) is 5.52 Å². The minimum absolute atomic E-state index is 0.452. The zero-order valence-electron chi connectivity index (χ0n) is 13.2. The highest BCUT2D eigenvalue weighted by Gasteiger charge is 2.26. The minimum atomic E-state index is 0.452. The van der Waals surface area contributed by atoms with Crippen LogP contribution in [-0.4, -0.2) is 36.0 Å². The first-order chi connectivity index (χ1) is 12.1. The van der Waals surface area contributed by atoms with E-state index in [9.17, 15) is 0 Å². The van der Waals surface area contributed by atoms with Crippen molar-refractivity contribution in [3.05, 3.63) is 28.8 Å². The molecule has 3 aromatic heterocycles. The monoisotopic (exact) mass is 378 g/mol. The maximum absolute atomic E-state index is 5.92. The average molecular weight is 379 g/mol. The van der Waals surface area contributed by atoms with Crippen LogP contribution in [0.25, 0.3) is 11.2 Å². The standard InChI is InChI=1S/C8H7ClN4.C7H9ClN4/c9-6-3-11-12-8-7(6)10-4-13(8)5-1-2-5;8-5-3-10-12-7(6(5)9)11-4-1-2-4/h3-5H,1-2H2;3-4H,1-2H2,(H2,9,10)(H,11,12). The molecular formula is C15H16Cl2N8. The summed E-state index contributed by atoms with van der Waals surface area (Å²) in [5.41, 5.74) is 7.70. The number of nitrogens with one attached hydrogen (secondary N) is 1. The molecular weight excluding hydrogens is 363 g/mol. The van der Waals surface area contributed by atoms with Crippen LogP contribution in [0.1, 0.15) is 31.7 Å². The number of nitrogens with two attached hydrogens (primary N) is 1. The molecule has 0 aromatic carbocycles. The Morgan fingerprint density at radius 1 is 1.04 bits per heavy atom. The second-order valence-corrected chi connectivity index (χ2v) is 6.94. The van der Waals surface area contributed by atoms with Crippen molar-refractivity contribution in [3.8, 4) is 0 Å². The number of nitrogen functional groups attached to an aromatic ring is 1. The molecule has 2 aliphatic carbocycles. The van der Waals surface area contributed by atoms with Gasteiger partial charge >= 0.3 is 0 Å². The molecule has 25 heavy (non-hydrogen) atoms. The zero-order chi connectivity index (χ0) is 17.4. The van der Waals surface area contributed by atoms with E-state index in [0.717, 1.165) is 11.2 Å². The molecule has 8 nitrogen and oxygen atoms in total. The summed E-state index contributed by atoms with van der Waals surface area (Å²) in [6, 6.07) is 1.08. The van der Waals surface area contributed by atoms with Gasteiger partial charge < -0.3 is 15.6 Å². The van der Waals surface area contributed by atoms with Gasteiger partial charge in [0, 0.05) is 12.1 Å². The van der Waals surface area contributed by atoms with Crippen LogP contribution < -0.4 is 11.1 Å². The first-order valence-corrected chi connectivity index (χ1v) is 8.76. The molecule has 0 radical (unpaired) electrons. The van der Waals surface area contributed by atoms with Crippen molar-refractivity contribution in [2.24, 2.45) is 0 Å². The van der Waals surface area contributed by atoms with Gasteiger partial charge in [-0.3, -0.25) is 0 Å². The molecule has 5 rings (SSSR count). The van der Waals surface area contributed by atoms with Gasteiger partial charge in [-0.15, -0.1) is 10.2 Å². The lowest BCUT2D eigenvalue weighted by molar-refractivity contribution is 0.751. The Kier molecular flexibility index (Phi) is 4.30. The molecule has 10 heteroatoms. The third-order valence-corrected chi connectivity index (χ3v) is 4.59. The molecule has 3 N–H and O–H groups in total. The van der Waals surface area contributed by atoms with E-state index in [4.69, 9.17) is 28.9 Å². The number of rotatable bonds is 3. The van der Waals surface area contributed by atoms with E-state index in [1.165, 1.54) is 38.1 Å². The van der Waals surface area contributed by atoms with Crippen LogP contribution in [0.2, 0.25) is 10.0 Å². The van der Waals surface area contributed by atoms with Crippen molar-refractivity contribution in [1.29, 1.82) is 0 Å². The first-order valence-electron chi connectivity index (χ1n) is 8.00. The Hall–Kier alpha value is -2.19. The summed E-state index contributed by atoms with van der Waals surface area (Å²) in [6.45, 7) is 0. The predicted molar refractivity (Wildman–Crippen MR) is 96.7 cm³/mol. The Morgan fingerprint density at radius 2 is 1.76 bits per heavy atom. The van der Waals surface area contributed by atoms with E-state index in [2.05, 4.69) is 30.7 Å². The quantitative estimate of drug-likeness (QED) is 0.720. The number of nitrogens with zero attached hydrogens (tertiary/aromatic N) is 6. The zero-order valence-corrected chi connectivity index (χ0v) is 14.7. The molecule has 3 aromatic rings. The molecule has 0 amide bonds. The highest BCUT2D eigenvalue weighted by molar-refractivity contribution is 6.34. The number of anilines is 2. The molecule has 130 valence electrons. The number of aromatic nitrogens is 6. The Morgan fingerprint density at radius 3 is 2.48 bits per heavy atom. The summed E-state index contributed by atoms with van der Waals surface area (Å²) < 4.78 is 2.05. The fourth-order valence-electron chi connectivity index (χ4n) is 2.34. The topological polar surface area (TPSA) is 107 Å². The Balaban J connectivity index is 0.000000126. The minimum Gasteiger partial charge on any atom is -0.394 e. The molecule has 0 spiro atoms. The molecule has 2 aliphatic rings. The van der Waals surface area contributed by atoms with Gasteiger partial charge in [0.15, 0.2) is 11.5 Å². The van der Waals surface area contributed by atoms with Gasteiger partial charge in [-0.1, -0.05) is 23.2 Å². The van der Waals surface area contributed by atoms with Gasteiger partial charge in [-0.05, 0) is 25.7 Å². The fraction of sp³-hybridized carbons (Fsp3) is 0.400. The molecule has 0 bridgehead atoms. The molecule has 0 unspecified atom stereocenters. The lowest BCUT2D eigenvalue weighted by Gasteiger charge is -2.05. The number of halogens is 2. The van der Waals surface area contributed by atoms with Crippen LogP contribution in [-0.2, 0) is 0 Å². The summed E-state index contributed by atoms with van der Waals surface area (Å²) in [5, 5.41) is 19.6. The highest BCUT2D eigenvalue weighted by atomic mass is 35.5. The number of hydrogen-bond donors (Lipinski definition) is 2. The largest absolute Gasteiger partial charge is 0.394 e. The summed E-state index contributed by atoms with van der Waals surface area (Å²) in [4.78, 5) is 4.21. The van der Waals surface area contributed by atoms with E-state index < -0.39 is 0 Å². The Bertz CT molecular complexity index is 904. The van der Waals surface area contributed by atoms with Crippen molar-refractivity contribution >= 4 is 45.9 Å². The third-order valence-electron chi connectivity index (χ3n) is 4.02. The highest BCUT2D eigenvalue weighted by Crippen LogP contribution is 2.37. The van der Waals surface area contributed by atoms with E-state index in [1.54, 1.807) is 6.33 Å². The van der Waals surface area contributed by atoms with Crippen molar-refractivity contribution in [2.45, 2.75) is 37.8 Å². The molecule has 2 saturated carbocycles. The lowest BCUT2D eigenvalue weighted by Crippen LogP contribution is -2.07. The summed E-state index contributed by atoms with van der Waals surface area (Å²) in [5.74, 6) is 0.602. The Labute approximate surface area is 153 Å². The predicted octanol–water partition coefficient (Wildman–Crippen LogP) is 3.10. The van der Waals surface area contributed by atoms with Crippen LogP contribution in [0.15, 0.2) is 18.7 Å². The van der Waals surface area contributed by atoms with Crippen LogP contribution in [0.3, 0.4) is 0 Å². The summed E-state index contributed by atoms with van der Waals surface area (Å²) in [7, 11) is 0. The van der Waals surface area contributed by atoms with Gasteiger partial charge in [0.25, 0.3) is 0 Å². The van der Waals surface area contributed by atoms with Crippen molar-refractivity contribution in [3.63, 3.8) is 0 Å². The average Bonchev–Trinajstić information content (AvgIpc) is 3.53. The third kappa shape index (κ3) is 3.59. The molecule has 3 heterocycles. The van der Waals surface area contributed by atoms with Gasteiger partial charge in [0.2, 0.25) is 0 Å². The SMILES string of the molecule is Clc1cnnc2c1ncn2C1CC1.Nc1c(Cl)cnnc1NC1CC1. The number of imidazole rings is 1. The van der Waals surface area contributed by atoms with Crippen molar-refractivity contribution in [2.75, 3.05) is 11.1 Å². The second-order valence-electron chi connectivity index (χ2n) is 6.12. The molecule has 0 saturated heterocycles. The maximum atomic E-state index is 5.92. The van der Waals surface area contributed by atoms with E-state index in [1.807, 2.05) is 4.57 Å². The normalized spacial score (nSPS) is 16.4. The molecule has 2 fully saturated rings. The smallest absolute Gasteiger partial charge is 0.184 e. The summed E-state index contributed by atoms with van der Waals surface area (Å²) in [6.07, 6.45) is 9.52. The maximum Gasteiger partial charge on any atom is 0.184 e. The van der Waals surface area contributed by atoms with Crippen molar-refractivity contribution < 1.29 is 0 Å². The van der Waals surface area contributed by atoms with Crippen LogP contribution in [0.4, 0.5) is 11.5 Å². The molecule has 0 atom stereocenters. The summed E-state index contributed by atoms with van der Waals surface area (Å²) >= 11 is 11.7. The van der Waals surface area contributed by atoms with Gasteiger partial charge in [-0.25, -0.2) is 4.98 Å².